The van der Waals surface area contributed by atoms with E-state index in [1.165, 1.54) is 43.1 Å². The van der Waals surface area contributed by atoms with E-state index in [-0.39, 0.29) is 0 Å². The molecule has 5 aromatic rings. The van der Waals surface area contributed by atoms with Gasteiger partial charge in [-0.2, -0.15) is 0 Å². The summed E-state index contributed by atoms with van der Waals surface area (Å²) < 4.78 is 1.15. The van der Waals surface area contributed by atoms with E-state index in [4.69, 9.17) is 0 Å². The third-order valence-electron chi connectivity index (χ3n) is 4.70. The zero-order valence-corrected chi connectivity index (χ0v) is 14.0. The number of hydrogen-bond donors (Lipinski definition) is 0. The van der Waals surface area contributed by atoms with Gasteiger partial charge in [0, 0.05) is 9.86 Å². The first kappa shape index (κ1) is 13.1. The molecule has 0 amide bonds. The molecule has 0 saturated carbocycles. The van der Waals surface area contributed by atoms with Gasteiger partial charge in [-0.1, -0.05) is 88.7 Å². The summed E-state index contributed by atoms with van der Waals surface area (Å²) in [5.74, 6) is 0. The molecule has 108 valence electrons. The van der Waals surface area contributed by atoms with Crippen LogP contribution in [-0.2, 0) is 0 Å². The molecule has 0 radical (unpaired) electrons. The summed E-state index contributed by atoms with van der Waals surface area (Å²) in [5, 5.41) is 10.5. The van der Waals surface area contributed by atoms with Crippen LogP contribution in [0.2, 0.25) is 0 Å². The van der Waals surface area contributed by atoms with Crippen molar-refractivity contribution in [2.24, 2.45) is 0 Å². The van der Waals surface area contributed by atoms with E-state index in [1.807, 2.05) is 0 Å². The molecule has 0 aromatic heterocycles. The highest BCUT2D eigenvalue weighted by atomic mass is 79.9. The van der Waals surface area contributed by atoms with Gasteiger partial charge < -0.3 is 0 Å². The number of rotatable bonds is 0. The first-order valence-electron chi connectivity index (χ1n) is 7.75. The van der Waals surface area contributed by atoms with Gasteiger partial charge in [0.1, 0.15) is 0 Å². The predicted octanol–water partition coefficient (Wildman–Crippen LogP) is 7.06. The highest BCUT2D eigenvalue weighted by Crippen LogP contribution is 2.41. The molecule has 0 aliphatic rings. The fraction of sp³-hybridized carbons (Fsp3) is 0. The van der Waals surface area contributed by atoms with Crippen molar-refractivity contribution in [1.29, 1.82) is 0 Å². The average Bonchev–Trinajstić information content (AvgIpc) is 2.61. The van der Waals surface area contributed by atoms with Crippen molar-refractivity contribution in [3.8, 4) is 0 Å². The molecule has 1 heteroatoms. The first-order chi connectivity index (χ1) is 11.3. The Morgan fingerprint density at radius 1 is 0.435 bits per heavy atom. The summed E-state index contributed by atoms with van der Waals surface area (Å²) >= 11 is 3.79. The van der Waals surface area contributed by atoms with Gasteiger partial charge in [-0.3, -0.25) is 0 Å². The Balaban J connectivity index is 2.26. The molecule has 0 aliphatic heterocycles. The summed E-state index contributed by atoms with van der Waals surface area (Å²) in [6.07, 6.45) is 0. The van der Waals surface area contributed by atoms with E-state index >= 15 is 0 Å². The Labute approximate surface area is 142 Å². The van der Waals surface area contributed by atoms with E-state index in [2.05, 4.69) is 94.8 Å². The summed E-state index contributed by atoms with van der Waals surface area (Å²) in [4.78, 5) is 0. The van der Waals surface area contributed by atoms with Gasteiger partial charge in [-0.15, -0.1) is 0 Å². The third-order valence-corrected chi connectivity index (χ3v) is 5.36. The first-order valence-corrected chi connectivity index (χ1v) is 8.54. The van der Waals surface area contributed by atoms with Crippen LogP contribution < -0.4 is 0 Å². The predicted molar refractivity (Wildman–Crippen MR) is 104 cm³/mol. The standard InChI is InChI=1S/C22H13Br/c23-20-11-5-10-18-16-8-3-4-9-17(16)19-13-12-14-6-1-2-7-15(14)21(19)22(18)20/h1-13H. The third kappa shape index (κ3) is 1.77. The Morgan fingerprint density at radius 2 is 1.04 bits per heavy atom. The van der Waals surface area contributed by atoms with Gasteiger partial charge >= 0.3 is 0 Å². The van der Waals surface area contributed by atoms with Crippen LogP contribution in [0.3, 0.4) is 0 Å². The second-order valence-corrected chi connectivity index (χ2v) is 6.77. The van der Waals surface area contributed by atoms with Gasteiger partial charge in [0.2, 0.25) is 0 Å². The number of fused-ring (bicyclic) bond motifs is 8. The lowest BCUT2D eigenvalue weighted by molar-refractivity contribution is 1.75. The molecule has 5 rings (SSSR count). The molecule has 0 heterocycles. The highest BCUT2D eigenvalue weighted by molar-refractivity contribution is 9.10. The molecule has 0 spiro atoms. The molecule has 0 atom stereocenters. The van der Waals surface area contributed by atoms with Gasteiger partial charge in [-0.05, 0) is 43.8 Å². The van der Waals surface area contributed by atoms with E-state index in [0.717, 1.165) is 4.47 Å². The van der Waals surface area contributed by atoms with Crippen LogP contribution in [0.25, 0.3) is 43.1 Å². The quantitative estimate of drug-likeness (QED) is 0.260. The van der Waals surface area contributed by atoms with Crippen LogP contribution in [0, 0.1) is 0 Å². The van der Waals surface area contributed by atoms with E-state index < -0.39 is 0 Å². The highest BCUT2D eigenvalue weighted by Gasteiger charge is 2.12. The van der Waals surface area contributed by atoms with Crippen LogP contribution in [0.5, 0.6) is 0 Å². The maximum absolute atomic E-state index is 3.79. The second-order valence-electron chi connectivity index (χ2n) is 5.92. The average molecular weight is 357 g/mol. The zero-order chi connectivity index (χ0) is 15.4. The minimum absolute atomic E-state index is 1.15. The number of halogens is 1. The molecule has 0 fully saturated rings. The normalized spacial score (nSPS) is 11.7. The maximum Gasteiger partial charge on any atom is 0.0260 e. The van der Waals surface area contributed by atoms with Crippen molar-refractivity contribution in [3.05, 3.63) is 83.3 Å². The lowest BCUT2D eigenvalue weighted by Crippen LogP contribution is -1.85. The van der Waals surface area contributed by atoms with Crippen LogP contribution in [-0.4, -0.2) is 0 Å². The molecular weight excluding hydrogens is 344 g/mol. The van der Waals surface area contributed by atoms with E-state index in [1.54, 1.807) is 0 Å². The van der Waals surface area contributed by atoms with Gasteiger partial charge in [0.25, 0.3) is 0 Å². The zero-order valence-electron chi connectivity index (χ0n) is 12.4. The van der Waals surface area contributed by atoms with Crippen molar-refractivity contribution in [2.45, 2.75) is 0 Å². The van der Waals surface area contributed by atoms with Crippen LogP contribution >= 0.6 is 15.9 Å². The molecule has 0 nitrogen and oxygen atoms in total. The molecule has 0 aliphatic carbocycles. The lowest BCUT2D eigenvalue weighted by Gasteiger charge is -2.13. The fourth-order valence-corrected chi connectivity index (χ4v) is 4.29. The summed E-state index contributed by atoms with van der Waals surface area (Å²) in [7, 11) is 0. The number of hydrogen-bond acceptors (Lipinski definition) is 0. The topological polar surface area (TPSA) is 0 Å². The van der Waals surface area contributed by atoms with Crippen molar-refractivity contribution < 1.29 is 0 Å². The number of benzene rings is 5. The van der Waals surface area contributed by atoms with Gasteiger partial charge in [0.05, 0.1) is 0 Å². The van der Waals surface area contributed by atoms with Crippen LogP contribution in [0.4, 0.5) is 0 Å². The Kier molecular flexibility index (Phi) is 2.74. The van der Waals surface area contributed by atoms with Crippen LogP contribution in [0.15, 0.2) is 83.3 Å². The molecule has 0 saturated heterocycles. The molecular formula is C22H13Br. The summed E-state index contributed by atoms with van der Waals surface area (Å²) in [6, 6.07) is 28.3. The molecule has 5 aromatic carbocycles. The van der Waals surface area contributed by atoms with Crippen molar-refractivity contribution in [3.63, 3.8) is 0 Å². The second kappa shape index (κ2) is 4.81. The fourth-order valence-electron chi connectivity index (χ4n) is 3.72. The Hall–Kier alpha value is -2.38. The largest absolute Gasteiger partial charge is 0.0616 e. The van der Waals surface area contributed by atoms with E-state index in [0.29, 0.717) is 0 Å². The van der Waals surface area contributed by atoms with Crippen molar-refractivity contribution >= 4 is 59.0 Å². The molecule has 0 N–H and O–H groups in total. The minimum atomic E-state index is 1.15. The molecule has 23 heavy (non-hydrogen) atoms. The monoisotopic (exact) mass is 356 g/mol. The van der Waals surface area contributed by atoms with Crippen molar-refractivity contribution in [2.75, 3.05) is 0 Å². The van der Waals surface area contributed by atoms with Gasteiger partial charge in [0.15, 0.2) is 0 Å². The maximum atomic E-state index is 3.79. The Morgan fingerprint density at radius 3 is 1.83 bits per heavy atom. The lowest BCUT2D eigenvalue weighted by atomic mass is 9.91. The summed E-state index contributed by atoms with van der Waals surface area (Å²) in [6.45, 7) is 0. The molecule has 0 bridgehead atoms. The summed E-state index contributed by atoms with van der Waals surface area (Å²) in [5.41, 5.74) is 0. The van der Waals surface area contributed by atoms with Gasteiger partial charge in [-0.25, -0.2) is 0 Å². The van der Waals surface area contributed by atoms with Crippen LogP contribution in [0.1, 0.15) is 0 Å². The molecule has 0 unspecified atom stereocenters. The minimum Gasteiger partial charge on any atom is -0.0616 e. The van der Waals surface area contributed by atoms with E-state index in [9.17, 15) is 0 Å². The SMILES string of the molecule is Brc1cccc2c3ccccc3c3ccc4ccccc4c3c12. The smallest absolute Gasteiger partial charge is 0.0260 e. The Bertz CT molecular complexity index is 1220. The van der Waals surface area contributed by atoms with Crippen molar-refractivity contribution in [1.82, 2.24) is 0 Å².